The summed E-state index contributed by atoms with van der Waals surface area (Å²) in [5.74, 6) is 0.267. The van der Waals surface area contributed by atoms with Crippen LogP contribution in [0.2, 0.25) is 5.02 Å². The molecule has 4 nitrogen and oxygen atoms in total. The van der Waals surface area contributed by atoms with Crippen molar-refractivity contribution in [3.05, 3.63) is 75.7 Å². The predicted octanol–water partition coefficient (Wildman–Crippen LogP) is 4.43. The number of carbonyl (C=O) groups excluding carboxylic acids is 1. The molecule has 0 fully saturated rings. The maximum Gasteiger partial charge on any atom is 0.272 e. The number of carbonyl (C=O) groups is 1. The zero-order chi connectivity index (χ0) is 16.7. The highest BCUT2D eigenvalue weighted by Gasteiger charge is 2.10. The maximum atomic E-state index is 12.1. The lowest BCUT2D eigenvalue weighted by Gasteiger charge is -2.06. The molecule has 1 amide bonds. The zero-order valence-electron chi connectivity index (χ0n) is 12.1. The molecule has 0 heterocycles. The Kier molecular flexibility index (Phi) is 6.38. The molecule has 0 bridgehead atoms. The van der Waals surface area contributed by atoms with Crippen LogP contribution < -0.4 is 10.2 Å². The van der Waals surface area contributed by atoms with E-state index in [2.05, 4.69) is 33.0 Å². The van der Waals surface area contributed by atoms with Crippen molar-refractivity contribution in [3.63, 3.8) is 0 Å². The van der Waals surface area contributed by atoms with Crippen molar-refractivity contribution in [2.24, 2.45) is 5.10 Å². The van der Waals surface area contributed by atoms with Crippen molar-refractivity contribution in [2.45, 2.75) is 0 Å². The lowest BCUT2D eigenvalue weighted by atomic mass is 10.2. The monoisotopic (exact) mass is 392 g/mol. The Hall–Kier alpha value is -2.11. The fourth-order valence-corrected chi connectivity index (χ4v) is 2.32. The van der Waals surface area contributed by atoms with E-state index in [0.29, 0.717) is 22.9 Å². The summed E-state index contributed by atoms with van der Waals surface area (Å²) in [5.41, 5.74) is 3.54. The number of ether oxygens (including phenoxy) is 1. The van der Waals surface area contributed by atoms with E-state index in [1.165, 1.54) is 6.21 Å². The number of hydrogen-bond donors (Lipinski definition) is 1. The molecule has 1 N–H and O–H groups in total. The average Bonchev–Trinajstić information content (AvgIpc) is 2.56. The first-order valence-electron chi connectivity index (χ1n) is 6.73. The first-order valence-corrected chi connectivity index (χ1v) is 7.90. The van der Waals surface area contributed by atoms with E-state index < -0.39 is 5.91 Å². The van der Waals surface area contributed by atoms with Crippen molar-refractivity contribution in [1.29, 1.82) is 0 Å². The minimum Gasteiger partial charge on any atom is -0.489 e. The normalized spacial score (nSPS) is 10.5. The molecule has 0 saturated heterocycles. The van der Waals surface area contributed by atoms with Crippen molar-refractivity contribution in [1.82, 2.24) is 5.43 Å². The van der Waals surface area contributed by atoms with Gasteiger partial charge in [-0.05, 0) is 30.3 Å². The third-order valence-electron chi connectivity index (χ3n) is 2.82. The predicted molar refractivity (Wildman–Crippen MR) is 96.3 cm³/mol. The topological polar surface area (TPSA) is 50.7 Å². The quantitative estimate of drug-likeness (QED) is 0.448. The van der Waals surface area contributed by atoms with Gasteiger partial charge in [-0.3, -0.25) is 4.79 Å². The molecule has 2 aromatic carbocycles. The van der Waals surface area contributed by atoms with E-state index in [4.69, 9.17) is 16.3 Å². The van der Waals surface area contributed by atoms with Crippen LogP contribution in [0.1, 0.15) is 15.9 Å². The van der Waals surface area contributed by atoms with Crippen LogP contribution in [-0.4, -0.2) is 18.7 Å². The molecule has 118 valence electrons. The summed E-state index contributed by atoms with van der Waals surface area (Å²) in [6.07, 6.45) is 3.17. The number of halogens is 2. The number of rotatable bonds is 6. The van der Waals surface area contributed by atoms with Crippen LogP contribution in [0.25, 0.3) is 0 Å². The van der Waals surface area contributed by atoms with Crippen LogP contribution in [0.3, 0.4) is 0 Å². The molecule has 0 radical (unpaired) electrons. The van der Waals surface area contributed by atoms with Crippen molar-refractivity contribution in [2.75, 3.05) is 6.61 Å². The zero-order valence-corrected chi connectivity index (χ0v) is 14.5. The third kappa shape index (κ3) is 4.94. The first-order chi connectivity index (χ1) is 11.1. The molecule has 0 aliphatic carbocycles. The van der Waals surface area contributed by atoms with E-state index in [1.807, 2.05) is 24.3 Å². The van der Waals surface area contributed by atoms with Gasteiger partial charge in [-0.25, -0.2) is 5.43 Å². The van der Waals surface area contributed by atoms with Crippen LogP contribution in [-0.2, 0) is 0 Å². The lowest BCUT2D eigenvalue weighted by molar-refractivity contribution is 0.0955. The summed E-state index contributed by atoms with van der Waals surface area (Å²) in [4.78, 5) is 12.1. The van der Waals surface area contributed by atoms with Crippen LogP contribution in [0.4, 0.5) is 0 Å². The second kappa shape index (κ2) is 8.50. The molecule has 23 heavy (non-hydrogen) atoms. The summed E-state index contributed by atoms with van der Waals surface area (Å²) in [6, 6.07) is 12.4. The van der Waals surface area contributed by atoms with Crippen molar-refractivity contribution >= 4 is 39.7 Å². The molecule has 0 aromatic heterocycles. The van der Waals surface area contributed by atoms with Gasteiger partial charge < -0.3 is 4.74 Å². The number of hydrazone groups is 1. The molecule has 2 rings (SSSR count). The van der Waals surface area contributed by atoms with Crippen LogP contribution in [0.15, 0.2) is 64.7 Å². The van der Waals surface area contributed by atoms with Crippen molar-refractivity contribution < 1.29 is 9.53 Å². The van der Waals surface area contributed by atoms with Gasteiger partial charge in [0.15, 0.2) is 0 Å². The molecule has 0 atom stereocenters. The molecule has 0 aliphatic heterocycles. The number of amides is 1. The Morgan fingerprint density at radius 1 is 1.35 bits per heavy atom. The van der Waals surface area contributed by atoms with E-state index in [9.17, 15) is 4.79 Å². The summed E-state index contributed by atoms with van der Waals surface area (Å²) in [7, 11) is 0. The number of para-hydroxylation sites is 1. The summed E-state index contributed by atoms with van der Waals surface area (Å²) >= 11 is 9.31. The minimum absolute atomic E-state index is 0.342. The van der Waals surface area contributed by atoms with E-state index in [-0.39, 0.29) is 0 Å². The Balaban J connectivity index is 2.08. The van der Waals surface area contributed by atoms with Gasteiger partial charge in [-0.15, -0.1) is 0 Å². The molecule has 2 aromatic rings. The average molecular weight is 394 g/mol. The highest BCUT2D eigenvalue weighted by molar-refractivity contribution is 9.10. The van der Waals surface area contributed by atoms with Crippen LogP contribution in [0.5, 0.6) is 5.75 Å². The first kappa shape index (κ1) is 17.2. The van der Waals surface area contributed by atoms with Gasteiger partial charge in [0.25, 0.3) is 5.91 Å². The SMILES string of the molecule is C=CCOc1ccccc1C=NNC(=O)c1cc(Br)ccc1Cl. The number of benzene rings is 2. The van der Waals surface area contributed by atoms with E-state index >= 15 is 0 Å². The molecule has 0 spiro atoms. The van der Waals surface area contributed by atoms with Gasteiger partial charge >= 0.3 is 0 Å². The van der Waals surface area contributed by atoms with Gasteiger partial charge in [-0.2, -0.15) is 5.10 Å². The van der Waals surface area contributed by atoms with E-state index in [1.54, 1.807) is 24.3 Å². The minimum atomic E-state index is -0.392. The molecular formula is C17H14BrClN2O2. The largest absolute Gasteiger partial charge is 0.489 e. The number of nitrogens with one attached hydrogen (secondary N) is 1. The third-order valence-corrected chi connectivity index (χ3v) is 3.64. The molecule has 0 aliphatic rings. The Bertz CT molecular complexity index is 747. The Labute approximate surface area is 147 Å². The summed E-state index contributed by atoms with van der Waals surface area (Å²) < 4.78 is 6.28. The van der Waals surface area contributed by atoms with Gasteiger partial charge in [0.2, 0.25) is 0 Å². The van der Waals surface area contributed by atoms with E-state index in [0.717, 1.165) is 10.0 Å². The lowest BCUT2D eigenvalue weighted by Crippen LogP contribution is -2.18. The molecule has 0 saturated carbocycles. The van der Waals surface area contributed by atoms with Crippen LogP contribution >= 0.6 is 27.5 Å². The van der Waals surface area contributed by atoms with Gasteiger partial charge in [0.1, 0.15) is 12.4 Å². The fourth-order valence-electron chi connectivity index (χ4n) is 1.76. The number of nitrogens with zero attached hydrogens (tertiary/aromatic N) is 1. The molecule has 0 unspecified atom stereocenters. The second-order valence-electron chi connectivity index (χ2n) is 4.46. The maximum absolute atomic E-state index is 12.1. The standard InChI is InChI=1S/C17H14BrClN2O2/c1-2-9-23-16-6-4-3-5-12(16)11-20-21-17(22)14-10-13(18)7-8-15(14)19/h2-8,10-11H,1,9H2,(H,21,22). The van der Waals surface area contributed by atoms with Crippen LogP contribution in [0, 0.1) is 0 Å². The smallest absolute Gasteiger partial charge is 0.272 e. The Morgan fingerprint density at radius 2 is 2.13 bits per heavy atom. The van der Waals surface area contributed by atoms with Gasteiger partial charge in [-0.1, -0.05) is 52.3 Å². The summed E-state index contributed by atoms with van der Waals surface area (Å²) in [5, 5.41) is 4.31. The molecular weight excluding hydrogens is 380 g/mol. The van der Waals surface area contributed by atoms with Gasteiger partial charge in [0, 0.05) is 10.0 Å². The summed E-state index contributed by atoms with van der Waals surface area (Å²) in [6.45, 7) is 4.00. The number of hydrogen-bond acceptors (Lipinski definition) is 3. The second-order valence-corrected chi connectivity index (χ2v) is 5.78. The van der Waals surface area contributed by atoms with Crippen molar-refractivity contribution in [3.8, 4) is 5.75 Å². The van der Waals surface area contributed by atoms with Gasteiger partial charge in [0.05, 0.1) is 16.8 Å². The highest BCUT2D eigenvalue weighted by atomic mass is 79.9. The Morgan fingerprint density at radius 3 is 2.91 bits per heavy atom. The fraction of sp³-hybridized carbons (Fsp3) is 0.0588. The molecule has 6 heteroatoms. The highest BCUT2D eigenvalue weighted by Crippen LogP contribution is 2.21.